The third-order valence-electron chi connectivity index (χ3n) is 3.73. The number of hydrogen-bond donors (Lipinski definition) is 0. The number of fused-ring (bicyclic) bond motifs is 1. The van der Waals surface area contributed by atoms with Crippen LogP contribution in [-0.2, 0) is 22.5 Å². The maximum absolute atomic E-state index is 12.9. The van der Waals surface area contributed by atoms with E-state index in [1.165, 1.54) is 29.3 Å². The van der Waals surface area contributed by atoms with Gasteiger partial charge in [-0.15, -0.1) is 11.3 Å². The van der Waals surface area contributed by atoms with Gasteiger partial charge in [0.25, 0.3) is 5.56 Å². The molecular formula is C17H15BrN2O3S. The van der Waals surface area contributed by atoms with Crippen molar-refractivity contribution in [2.45, 2.75) is 19.9 Å². The summed E-state index contributed by atoms with van der Waals surface area (Å²) in [6.45, 7) is 1.91. The number of nitrogens with zero attached hydrogens (tertiary/aromatic N) is 2. The summed E-state index contributed by atoms with van der Waals surface area (Å²) in [5, 5.41) is 0.561. The maximum atomic E-state index is 12.9. The number of aromatic nitrogens is 2. The van der Waals surface area contributed by atoms with Crippen molar-refractivity contribution in [1.82, 2.24) is 9.55 Å². The average molecular weight is 407 g/mol. The van der Waals surface area contributed by atoms with E-state index in [1.54, 1.807) is 0 Å². The van der Waals surface area contributed by atoms with Crippen LogP contribution in [0.25, 0.3) is 21.3 Å². The summed E-state index contributed by atoms with van der Waals surface area (Å²) < 4.78 is 6.92. The lowest BCUT2D eigenvalue weighted by Crippen LogP contribution is -2.25. The Morgan fingerprint density at radius 1 is 1.33 bits per heavy atom. The molecule has 1 aromatic carbocycles. The molecule has 5 nitrogen and oxygen atoms in total. The number of methoxy groups -OCH3 is 1. The third-order valence-corrected chi connectivity index (χ3v) is 5.50. The summed E-state index contributed by atoms with van der Waals surface area (Å²) in [6, 6.07) is 7.84. The predicted molar refractivity (Wildman–Crippen MR) is 98.4 cm³/mol. The Balaban J connectivity index is 2.26. The van der Waals surface area contributed by atoms with E-state index in [9.17, 15) is 9.59 Å². The van der Waals surface area contributed by atoms with E-state index in [2.05, 4.69) is 32.6 Å². The van der Waals surface area contributed by atoms with Crippen molar-refractivity contribution in [1.29, 1.82) is 0 Å². The summed E-state index contributed by atoms with van der Waals surface area (Å²) in [6.07, 6.45) is 2.21. The molecule has 0 aliphatic rings. The summed E-state index contributed by atoms with van der Waals surface area (Å²) >= 11 is 4.95. The van der Waals surface area contributed by atoms with Gasteiger partial charge in [0.05, 0.1) is 18.8 Å². The van der Waals surface area contributed by atoms with Crippen LogP contribution in [0.4, 0.5) is 0 Å². The van der Waals surface area contributed by atoms with Crippen molar-refractivity contribution in [3.05, 3.63) is 50.3 Å². The SMILES string of the molecule is CCc1sc2ncn(CC(=O)OC)c(=O)c2c1-c1ccc(Br)cc1. The first-order valence-electron chi connectivity index (χ1n) is 7.38. The number of carbonyl (C=O) groups is 1. The molecule has 3 aromatic rings. The number of esters is 1. The molecule has 3 rings (SSSR count). The van der Waals surface area contributed by atoms with Crippen molar-refractivity contribution in [3.63, 3.8) is 0 Å². The maximum Gasteiger partial charge on any atom is 0.325 e. The highest BCUT2D eigenvalue weighted by Gasteiger charge is 2.19. The normalized spacial score (nSPS) is 11.0. The molecule has 0 aliphatic heterocycles. The molecule has 0 amide bonds. The average Bonchev–Trinajstić information content (AvgIpc) is 2.97. The molecule has 0 aliphatic carbocycles. The molecule has 0 atom stereocenters. The van der Waals surface area contributed by atoms with Gasteiger partial charge in [0.1, 0.15) is 11.4 Å². The van der Waals surface area contributed by atoms with Crippen LogP contribution in [0.2, 0.25) is 0 Å². The second-order valence-electron chi connectivity index (χ2n) is 5.19. The Morgan fingerprint density at radius 2 is 2.04 bits per heavy atom. The zero-order chi connectivity index (χ0) is 17.3. The Bertz CT molecular complexity index is 960. The number of carbonyl (C=O) groups excluding carboxylic acids is 1. The summed E-state index contributed by atoms with van der Waals surface area (Å²) in [7, 11) is 1.30. The first-order chi connectivity index (χ1) is 11.5. The Labute approximate surface area is 151 Å². The van der Waals surface area contributed by atoms with E-state index in [4.69, 9.17) is 0 Å². The number of halogens is 1. The van der Waals surface area contributed by atoms with Gasteiger partial charge < -0.3 is 4.74 Å². The van der Waals surface area contributed by atoms with Crippen LogP contribution in [-0.4, -0.2) is 22.6 Å². The molecular weight excluding hydrogens is 392 g/mol. The van der Waals surface area contributed by atoms with E-state index < -0.39 is 5.97 Å². The minimum Gasteiger partial charge on any atom is -0.468 e. The number of ether oxygens (including phenoxy) is 1. The standard InChI is InChI=1S/C17H15BrN2O3S/c1-3-12-14(10-4-6-11(18)7-5-10)15-16(24-12)19-9-20(17(15)22)8-13(21)23-2/h4-7,9H,3,8H2,1-2H3. The minimum atomic E-state index is -0.477. The van der Waals surface area contributed by atoms with E-state index in [-0.39, 0.29) is 12.1 Å². The molecule has 0 saturated heterocycles. The van der Waals surface area contributed by atoms with E-state index in [1.807, 2.05) is 24.3 Å². The minimum absolute atomic E-state index is 0.143. The van der Waals surface area contributed by atoms with Gasteiger partial charge in [-0.25, -0.2) is 4.98 Å². The topological polar surface area (TPSA) is 61.2 Å². The second kappa shape index (κ2) is 6.86. The van der Waals surface area contributed by atoms with Gasteiger partial charge in [-0.1, -0.05) is 35.0 Å². The molecule has 2 heterocycles. The molecule has 0 fully saturated rings. The van der Waals surface area contributed by atoms with Crippen molar-refractivity contribution < 1.29 is 9.53 Å². The number of benzene rings is 1. The first-order valence-corrected chi connectivity index (χ1v) is 8.99. The summed E-state index contributed by atoms with van der Waals surface area (Å²) in [5.41, 5.74) is 1.65. The van der Waals surface area contributed by atoms with E-state index in [0.717, 1.165) is 26.9 Å². The van der Waals surface area contributed by atoms with Crippen LogP contribution in [0, 0.1) is 0 Å². The van der Waals surface area contributed by atoms with Gasteiger partial charge in [0, 0.05) is 14.9 Å². The fraction of sp³-hybridized carbons (Fsp3) is 0.235. The summed E-state index contributed by atoms with van der Waals surface area (Å²) in [5.74, 6) is -0.477. The molecule has 0 saturated carbocycles. The molecule has 124 valence electrons. The molecule has 0 N–H and O–H groups in total. The quantitative estimate of drug-likeness (QED) is 0.620. The van der Waals surface area contributed by atoms with Gasteiger partial charge in [0.15, 0.2) is 0 Å². The molecule has 0 bridgehead atoms. The van der Waals surface area contributed by atoms with Gasteiger partial charge in [-0.3, -0.25) is 14.2 Å². The van der Waals surface area contributed by atoms with Gasteiger partial charge in [-0.2, -0.15) is 0 Å². The lowest BCUT2D eigenvalue weighted by Gasteiger charge is -2.06. The largest absolute Gasteiger partial charge is 0.468 e. The number of rotatable bonds is 4. The highest BCUT2D eigenvalue weighted by Crippen LogP contribution is 2.36. The van der Waals surface area contributed by atoms with Gasteiger partial charge in [-0.05, 0) is 24.1 Å². The molecule has 0 unspecified atom stereocenters. The van der Waals surface area contributed by atoms with Crippen LogP contribution in [0.5, 0.6) is 0 Å². The van der Waals surface area contributed by atoms with Crippen LogP contribution in [0.3, 0.4) is 0 Å². The van der Waals surface area contributed by atoms with Crippen molar-refractivity contribution in [2.75, 3.05) is 7.11 Å². The fourth-order valence-electron chi connectivity index (χ4n) is 2.56. The van der Waals surface area contributed by atoms with Crippen molar-refractivity contribution in [2.24, 2.45) is 0 Å². The summed E-state index contributed by atoms with van der Waals surface area (Å²) in [4.78, 5) is 30.6. The van der Waals surface area contributed by atoms with Crippen LogP contribution < -0.4 is 5.56 Å². The number of thiophene rings is 1. The zero-order valence-electron chi connectivity index (χ0n) is 13.2. The van der Waals surface area contributed by atoms with Crippen LogP contribution in [0.15, 0.2) is 39.9 Å². The highest BCUT2D eigenvalue weighted by molar-refractivity contribution is 9.10. The zero-order valence-corrected chi connectivity index (χ0v) is 15.6. The van der Waals surface area contributed by atoms with Crippen molar-refractivity contribution in [3.8, 4) is 11.1 Å². The number of hydrogen-bond acceptors (Lipinski definition) is 5. The molecule has 2 aromatic heterocycles. The van der Waals surface area contributed by atoms with E-state index >= 15 is 0 Å². The fourth-order valence-corrected chi connectivity index (χ4v) is 3.92. The van der Waals surface area contributed by atoms with Crippen LogP contribution in [0.1, 0.15) is 11.8 Å². The van der Waals surface area contributed by atoms with Gasteiger partial charge >= 0.3 is 5.97 Å². The predicted octanol–water partition coefficient (Wildman–Crippen LogP) is 3.62. The Hall–Kier alpha value is -1.99. The monoisotopic (exact) mass is 406 g/mol. The Kier molecular flexibility index (Phi) is 4.82. The Morgan fingerprint density at radius 3 is 2.67 bits per heavy atom. The molecule has 24 heavy (non-hydrogen) atoms. The number of aryl methyl sites for hydroxylation is 1. The molecule has 0 radical (unpaired) electrons. The lowest BCUT2D eigenvalue weighted by molar-refractivity contribution is -0.141. The van der Waals surface area contributed by atoms with Crippen molar-refractivity contribution >= 4 is 43.5 Å². The van der Waals surface area contributed by atoms with Gasteiger partial charge in [0.2, 0.25) is 0 Å². The molecule has 7 heteroatoms. The van der Waals surface area contributed by atoms with Crippen LogP contribution >= 0.6 is 27.3 Å². The first kappa shape index (κ1) is 16.9. The second-order valence-corrected chi connectivity index (χ2v) is 7.19. The lowest BCUT2D eigenvalue weighted by atomic mass is 10.0. The third kappa shape index (κ3) is 3.01. The smallest absolute Gasteiger partial charge is 0.325 e. The highest BCUT2D eigenvalue weighted by atomic mass is 79.9. The van der Waals surface area contributed by atoms with E-state index in [0.29, 0.717) is 10.2 Å². The molecule has 0 spiro atoms.